The molecule has 1 fully saturated rings. The first-order valence-electron chi connectivity index (χ1n) is 8.00. The minimum absolute atomic E-state index is 0.0321. The first kappa shape index (κ1) is 17.0. The molecule has 24 heavy (non-hydrogen) atoms. The number of benzene rings is 1. The molecule has 0 radical (unpaired) electrons. The number of nitrogens with zero attached hydrogens (tertiary/aromatic N) is 1. The van der Waals surface area contributed by atoms with E-state index in [0.29, 0.717) is 25.9 Å². The van der Waals surface area contributed by atoms with Crippen molar-refractivity contribution in [3.63, 3.8) is 0 Å². The molecule has 2 heterocycles. The zero-order chi connectivity index (χ0) is 17.2. The second-order valence-corrected chi connectivity index (χ2v) is 8.40. The van der Waals surface area contributed by atoms with Gasteiger partial charge in [0.2, 0.25) is 12.7 Å². The van der Waals surface area contributed by atoms with Gasteiger partial charge in [-0.1, -0.05) is 6.07 Å². The summed E-state index contributed by atoms with van der Waals surface area (Å²) in [5.41, 5.74) is 1.06. The van der Waals surface area contributed by atoms with E-state index in [-0.39, 0.29) is 30.2 Å². The molecular formula is C16H22N2O5S. The van der Waals surface area contributed by atoms with Crippen LogP contribution in [0.3, 0.4) is 0 Å². The second kappa shape index (κ2) is 6.98. The van der Waals surface area contributed by atoms with Crippen molar-refractivity contribution < 1.29 is 22.7 Å². The van der Waals surface area contributed by atoms with E-state index in [1.54, 1.807) is 11.9 Å². The van der Waals surface area contributed by atoms with Crippen LogP contribution in [0.4, 0.5) is 0 Å². The summed E-state index contributed by atoms with van der Waals surface area (Å²) < 4.78 is 33.6. The summed E-state index contributed by atoms with van der Waals surface area (Å²) in [5, 5.41) is 3.22. The molecular weight excluding hydrogens is 332 g/mol. The number of hydrogen-bond donors (Lipinski definition) is 1. The lowest BCUT2D eigenvalue weighted by molar-refractivity contribution is -0.131. The molecule has 7 nitrogen and oxygen atoms in total. The van der Waals surface area contributed by atoms with E-state index >= 15 is 0 Å². The zero-order valence-corrected chi connectivity index (χ0v) is 14.5. The standard InChI is InChI=1S/C16H22N2O5S/c1-18(13-5-7-24(20,21)10-13)16(19)4-6-17-9-12-2-3-14-15(8-12)23-11-22-14/h2-3,8,13,17H,4-7,9-11H2,1H3. The highest BCUT2D eigenvalue weighted by atomic mass is 32.2. The van der Waals surface area contributed by atoms with Crippen LogP contribution in [0.1, 0.15) is 18.4 Å². The van der Waals surface area contributed by atoms with E-state index in [1.165, 1.54) is 0 Å². The molecule has 0 saturated carbocycles. The predicted octanol–water partition coefficient (Wildman–Crippen LogP) is 0.540. The first-order valence-corrected chi connectivity index (χ1v) is 9.82. The van der Waals surface area contributed by atoms with Crippen LogP contribution in [-0.4, -0.2) is 57.2 Å². The number of carbonyl (C=O) groups excluding carboxylic acids is 1. The topological polar surface area (TPSA) is 84.9 Å². The highest BCUT2D eigenvalue weighted by Crippen LogP contribution is 2.32. The zero-order valence-electron chi connectivity index (χ0n) is 13.7. The Morgan fingerprint density at radius 3 is 2.88 bits per heavy atom. The Morgan fingerprint density at radius 2 is 2.12 bits per heavy atom. The average Bonchev–Trinajstić information content (AvgIpc) is 3.16. The number of hydrogen-bond acceptors (Lipinski definition) is 6. The molecule has 8 heteroatoms. The Hall–Kier alpha value is -1.80. The minimum atomic E-state index is -2.97. The lowest BCUT2D eigenvalue weighted by atomic mass is 10.2. The summed E-state index contributed by atoms with van der Waals surface area (Å²) in [7, 11) is -1.29. The minimum Gasteiger partial charge on any atom is -0.454 e. The molecule has 1 amide bonds. The number of nitrogens with one attached hydrogen (secondary N) is 1. The molecule has 1 unspecified atom stereocenters. The molecule has 2 aliphatic heterocycles. The van der Waals surface area contributed by atoms with Gasteiger partial charge < -0.3 is 19.7 Å². The fourth-order valence-electron chi connectivity index (χ4n) is 2.94. The molecule has 1 aromatic rings. The van der Waals surface area contributed by atoms with Crippen LogP contribution in [0.15, 0.2) is 18.2 Å². The Kier molecular flexibility index (Phi) is 4.96. The molecule has 1 N–H and O–H groups in total. The van der Waals surface area contributed by atoms with Gasteiger partial charge in [0.05, 0.1) is 11.5 Å². The van der Waals surface area contributed by atoms with Gasteiger partial charge in [0.15, 0.2) is 21.3 Å². The van der Waals surface area contributed by atoms with E-state index in [1.807, 2.05) is 18.2 Å². The summed E-state index contributed by atoms with van der Waals surface area (Å²) >= 11 is 0. The maximum absolute atomic E-state index is 12.2. The molecule has 0 bridgehead atoms. The largest absolute Gasteiger partial charge is 0.454 e. The molecule has 0 aliphatic carbocycles. The van der Waals surface area contributed by atoms with Gasteiger partial charge in [0.25, 0.3) is 0 Å². The number of fused-ring (bicyclic) bond motifs is 1. The third-order valence-corrected chi connectivity index (χ3v) is 6.18. The van der Waals surface area contributed by atoms with Crippen LogP contribution in [0.2, 0.25) is 0 Å². The number of amides is 1. The van der Waals surface area contributed by atoms with Crippen LogP contribution in [0, 0.1) is 0 Å². The van der Waals surface area contributed by atoms with Gasteiger partial charge in [-0.15, -0.1) is 0 Å². The van der Waals surface area contributed by atoms with Crippen LogP contribution >= 0.6 is 0 Å². The van der Waals surface area contributed by atoms with Gasteiger partial charge in [0.1, 0.15) is 0 Å². The Balaban J connectivity index is 1.41. The Morgan fingerprint density at radius 1 is 1.33 bits per heavy atom. The fraction of sp³-hybridized carbons (Fsp3) is 0.562. The van der Waals surface area contributed by atoms with Crippen LogP contribution < -0.4 is 14.8 Å². The Labute approximate surface area is 141 Å². The molecule has 132 valence electrons. The number of carbonyl (C=O) groups is 1. The van der Waals surface area contributed by atoms with Crippen molar-refractivity contribution in [1.82, 2.24) is 10.2 Å². The predicted molar refractivity (Wildman–Crippen MR) is 88.7 cm³/mol. The number of ether oxygens (including phenoxy) is 2. The van der Waals surface area contributed by atoms with Crippen molar-refractivity contribution in [1.29, 1.82) is 0 Å². The van der Waals surface area contributed by atoms with Crippen molar-refractivity contribution in [2.45, 2.75) is 25.4 Å². The smallest absolute Gasteiger partial charge is 0.231 e. The van der Waals surface area contributed by atoms with Gasteiger partial charge in [0, 0.05) is 32.6 Å². The summed E-state index contributed by atoms with van der Waals surface area (Å²) in [4.78, 5) is 13.7. The van der Waals surface area contributed by atoms with E-state index < -0.39 is 9.84 Å². The number of rotatable bonds is 6. The maximum Gasteiger partial charge on any atom is 0.231 e. The summed E-state index contributed by atoms with van der Waals surface area (Å²) in [6.45, 7) is 1.42. The van der Waals surface area contributed by atoms with Gasteiger partial charge >= 0.3 is 0 Å². The molecule has 0 aromatic heterocycles. The van der Waals surface area contributed by atoms with Crippen LogP contribution in [0.5, 0.6) is 11.5 Å². The van der Waals surface area contributed by atoms with Gasteiger partial charge in [-0.05, 0) is 24.1 Å². The molecule has 1 saturated heterocycles. The van der Waals surface area contributed by atoms with Crippen molar-refractivity contribution in [3.05, 3.63) is 23.8 Å². The highest BCUT2D eigenvalue weighted by Gasteiger charge is 2.32. The molecule has 1 aromatic carbocycles. The van der Waals surface area contributed by atoms with E-state index in [2.05, 4.69) is 5.32 Å². The first-order chi connectivity index (χ1) is 11.4. The number of sulfone groups is 1. The molecule has 1 atom stereocenters. The third kappa shape index (κ3) is 3.99. The quantitative estimate of drug-likeness (QED) is 0.751. The Bertz CT molecular complexity index is 719. The van der Waals surface area contributed by atoms with Crippen molar-refractivity contribution in [3.8, 4) is 11.5 Å². The maximum atomic E-state index is 12.2. The lowest BCUT2D eigenvalue weighted by Gasteiger charge is -2.23. The van der Waals surface area contributed by atoms with E-state index in [9.17, 15) is 13.2 Å². The van der Waals surface area contributed by atoms with Gasteiger partial charge in [-0.2, -0.15) is 0 Å². The monoisotopic (exact) mass is 354 g/mol. The lowest BCUT2D eigenvalue weighted by Crippen LogP contribution is -2.39. The molecule has 2 aliphatic rings. The third-order valence-electron chi connectivity index (χ3n) is 4.43. The van der Waals surface area contributed by atoms with Crippen LogP contribution in [0.25, 0.3) is 0 Å². The summed E-state index contributed by atoms with van der Waals surface area (Å²) in [6.07, 6.45) is 0.882. The highest BCUT2D eigenvalue weighted by molar-refractivity contribution is 7.91. The SMILES string of the molecule is CN(C(=O)CCNCc1ccc2c(c1)OCO2)C1CCS(=O)(=O)C1. The molecule has 3 rings (SSSR count). The van der Waals surface area contributed by atoms with Gasteiger partial charge in [-0.25, -0.2) is 8.42 Å². The molecule has 0 spiro atoms. The van der Waals surface area contributed by atoms with E-state index in [0.717, 1.165) is 17.1 Å². The van der Waals surface area contributed by atoms with Crippen LogP contribution in [-0.2, 0) is 21.2 Å². The normalized spacial score (nSPS) is 21.0. The average molecular weight is 354 g/mol. The van der Waals surface area contributed by atoms with Crippen molar-refractivity contribution in [2.75, 3.05) is 31.9 Å². The summed E-state index contributed by atoms with van der Waals surface area (Å²) in [6, 6.07) is 5.57. The fourth-order valence-corrected chi connectivity index (χ4v) is 4.71. The van der Waals surface area contributed by atoms with E-state index in [4.69, 9.17) is 9.47 Å². The second-order valence-electron chi connectivity index (χ2n) is 6.18. The summed E-state index contributed by atoms with van der Waals surface area (Å²) in [5.74, 6) is 1.72. The van der Waals surface area contributed by atoms with Crippen molar-refractivity contribution >= 4 is 15.7 Å². The van der Waals surface area contributed by atoms with Crippen molar-refractivity contribution in [2.24, 2.45) is 0 Å². The van der Waals surface area contributed by atoms with Gasteiger partial charge in [-0.3, -0.25) is 4.79 Å².